The van der Waals surface area contributed by atoms with Crippen molar-refractivity contribution in [2.24, 2.45) is 0 Å². The van der Waals surface area contributed by atoms with Crippen molar-refractivity contribution in [2.45, 2.75) is 13.0 Å². The van der Waals surface area contributed by atoms with Gasteiger partial charge in [-0.1, -0.05) is 12.1 Å². The van der Waals surface area contributed by atoms with Gasteiger partial charge in [0.2, 0.25) is 0 Å². The molecule has 1 aromatic carbocycles. The van der Waals surface area contributed by atoms with Crippen LogP contribution in [0.5, 0.6) is 5.75 Å². The third-order valence-corrected chi connectivity index (χ3v) is 3.82. The van der Waals surface area contributed by atoms with Crippen LogP contribution in [0.2, 0.25) is 0 Å². The van der Waals surface area contributed by atoms with Crippen LogP contribution in [-0.4, -0.2) is 25.4 Å². The summed E-state index contributed by atoms with van der Waals surface area (Å²) in [6.45, 7) is 1.88. The van der Waals surface area contributed by atoms with E-state index in [2.05, 4.69) is 25.4 Å². The van der Waals surface area contributed by atoms with Gasteiger partial charge in [-0.3, -0.25) is 4.98 Å². The third-order valence-electron chi connectivity index (χ3n) is 3.82. The molecule has 0 fully saturated rings. The van der Waals surface area contributed by atoms with E-state index in [1.54, 1.807) is 12.3 Å². The number of aromatic nitrogens is 5. The van der Waals surface area contributed by atoms with E-state index in [4.69, 9.17) is 4.74 Å². The van der Waals surface area contributed by atoms with Crippen LogP contribution in [-0.2, 0) is 0 Å². The number of pyridine rings is 2. The highest BCUT2D eigenvalue weighted by Crippen LogP contribution is 2.32. The van der Waals surface area contributed by atoms with E-state index >= 15 is 0 Å². The Morgan fingerprint density at radius 3 is 2.80 bits per heavy atom. The Bertz CT molecular complexity index is 1020. The molecule has 0 saturated heterocycles. The van der Waals surface area contributed by atoms with E-state index in [1.165, 1.54) is 18.3 Å². The Morgan fingerprint density at radius 2 is 2.00 bits per heavy atom. The molecule has 4 aromatic rings. The highest BCUT2D eigenvalue weighted by atomic mass is 19.1. The molecular weight excluding hydrogens is 321 g/mol. The molecule has 0 aliphatic carbocycles. The molecule has 0 aliphatic rings. The first kappa shape index (κ1) is 15.2. The molecule has 0 aliphatic heterocycles. The molecular formula is C18H14FN5O. The van der Waals surface area contributed by atoms with E-state index < -0.39 is 0 Å². The number of nitrogens with zero attached hydrogens (tertiary/aromatic N) is 4. The van der Waals surface area contributed by atoms with Crippen LogP contribution >= 0.6 is 0 Å². The normalized spacial score (nSPS) is 12.2. The maximum Gasteiger partial charge on any atom is 0.141 e. The van der Waals surface area contributed by atoms with Crippen LogP contribution in [0.3, 0.4) is 0 Å². The number of ether oxygens (including phenoxy) is 1. The Balaban J connectivity index is 1.81. The smallest absolute Gasteiger partial charge is 0.141 e. The maximum absolute atomic E-state index is 13.5. The first-order valence-corrected chi connectivity index (χ1v) is 7.75. The van der Waals surface area contributed by atoms with Gasteiger partial charge in [0.05, 0.1) is 23.1 Å². The average Bonchev–Trinajstić information content (AvgIpc) is 3.16. The van der Waals surface area contributed by atoms with Crippen molar-refractivity contribution in [3.8, 4) is 17.1 Å². The van der Waals surface area contributed by atoms with Crippen molar-refractivity contribution >= 4 is 10.9 Å². The van der Waals surface area contributed by atoms with Gasteiger partial charge in [-0.05, 0) is 25.1 Å². The largest absolute Gasteiger partial charge is 0.483 e. The Morgan fingerprint density at radius 1 is 1.12 bits per heavy atom. The minimum atomic E-state index is -0.363. The molecule has 6 nitrogen and oxygen atoms in total. The average molecular weight is 335 g/mol. The molecule has 1 N–H and O–H groups in total. The van der Waals surface area contributed by atoms with E-state index in [1.807, 2.05) is 31.2 Å². The topological polar surface area (TPSA) is 76.6 Å². The number of nitrogens with one attached hydrogen (secondary N) is 1. The Kier molecular flexibility index (Phi) is 3.81. The molecule has 0 spiro atoms. The lowest BCUT2D eigenvalue weighted by atomic mass is 10.1. The standard InChI is InChI=1S/C18H14FN5O/c1-11(17-10-21-24-23-17)25-18-9-16(15-8-12(19)6-7-20-15)22-14-5-3-2-4-13(14)18/h2-11H,1H3,(H,21,23,24). The molecule has 0 amide bonds. The number of halogens is 1. The summed E-state index contributed by atoms with van der Waals surface area (Å²) in [4.78, 5) is 8.78. The van der Waals surface area contributed by atoms with E-state index in [0.717, 1.165) is 10.9 Å². The van der Waals surface area contributed by atoms with Gasteiger partial charge in [0.25, 0.3) is 0 Å². The Hall–Kier alpha value is -3.35. The monoisotopic (exact) mass is 335 g/mol. The summed E-state index contributed by atoms with van der Waals surface area (Å²) in [5.74, 6) is 0.264. The number of hydrogen-bond donors (Lipinski definition) is 1. The fourth-order valence-corrected chi connectivity index (χ4v) is 2.57. The van der Waals surface area contributed by atoms with Gasteiger partial charge in [-0.15, -0.1) is 0 Å². The summed E-state index contributed by atoms with van der Waals surface area (Å²) in [5, 5.41) is 11.3. The van der Waals surface area contributed by atoms with Gasteiger partial charge >= 0.3 is 0 Å². The molecule has 7 heteroatoms. The van der Waals surface area contributed by atoms with Crippen LogP contribution in [0, 0.1) is 5.82 Å². The molecule has 0 saturated carbocycles. The summed E-state index contributed by atoms with van der Waals surface area (Å²) in [7, 11) is 0. The van der Waals surface area contributed by atoms with Crippen molar-refractivity contribution in [2.75, 3.05) is 0 Å². The number of benzene rings is 1. The second-order valence-electron chi connectivity index (χ2n) is 5.54. The molecule has 3 heterocycles. The lowest BCUT2D eigenvalue weighted by Crippen LogP contribution is -2.05. The number of fused-ring (bicyclic) bond motifs is 1. The zero-order valence-electron chi connectivity index (χ0n) is 13.3. The van der Waals surface area contributed by atoms with E-state index in [-0.39, 0.29) is 11.9 Å². The summed E-state index contributed by atoms with van der Waals surface area (Å²) in [6, 6.07) is 12.0. The highest BCUT2D eigenvalue weighted by Gasteiger charge is 2.15. The van der Waals surface area contributed by atoms with Gasteiger partial charge < -0.3 is 4.74 Å². The fraction of sp³-hybridized carbons (Fsp3) is 0.111. The molecule has 3 aromatic heterocycles. The minimum absolute atomic E-state index is 0.308. The van der Waals surface area contributed by atoms with Crippen molar-refractivity contribution in [1.29, 1.82) is 0 Å². The van der Waals surface area contributed by atoms with Crippen molar-refractivity contribution < 1.29 is 9.13 Å². The molecule has 0 bridgehead atoms. The van der Waals surface area contributed by atoms with E-state index in [0.29, 0.717) is 22.8 Å². The van der Waals surface area contributed by atoms with Gasteiger partial charge in [-0.25, -0.2) is 9.37 Å². The zero-order chi connectivity index (χ0) is 17.2. The summed E-state index contributed by atoms with van der Waals surface area (Å²) < 4.78 is 19.6. The van der Waals surface area contributed by atoms with E-state index in [9.17, 15) is 4.39 Å². The van der Waals surface area contributed by atoms with Gasteiger partial charge in [0, 0.05) is 23.7 Å². The number of H-pyrrole nitrogens is 1. The first-order valence-electron chi connectivity index (χ1n) is 7.75. The number of hydrogen-bond acceptors (Lipinski definition) is 5. The Labute approximate surface area is 142 Å². The number of para-hydroxylation sites is 1. The molecule has 25 heavy (non-hydrogen) atoms. The predicted molar refractivity (Wildman–Crippen MR) is 90.4 cm³/mol. The van der Waals surface area contributed by atoms with Gasteiger partial charge in [-0.2, -0.15) is 15.4 Å². The van der Waals surface area contributed by atoms with Crippen LogP contribution < -0.4 is 4.74 Å². The van der Waals surface area contributed by atoms with Crippen molar-refractivity contribution in [3.05, 3.63) is 66.4 Å². The van der Waals surface area contributed by atoms with Gasteiger partial charge in [0.1, 0.15) is 23.4 Å². The molecule has 124 valence electrons. The maximum atomic E-state index is 13.5. The number of rotatable bonds is 4. The predicted octanol–water partition coefficient (Wildman–Crippen LogP) is 3.69. The lowest BCUT2D eigenvalue weighted by Gasteiger charge is -2.15. The van der Waals surface area contributed by atoms with Crippen molar-refractivity contribution in [3.63, 3.8) is 0 Å². The third kappa shape index (κ3) is 3.03. The van der Waals surface area contributed by atoms with Crippen molar-refractivity contribution in [1.82, 2.24) is 25.4 Å². The SMILES string of the molecule is CC(Oc1cc(-c2cc(F)ccn2)nc2ccccc12)c1cn[nH]n1. The molecule has 4 rings (SSSR count). The van der Waals surface area contributed by atoms with Crippen LogP contribution in [0.25, 0.3) is 22.3 Å². The summed E-state index contributed by atoms with van der Waals surface area (Å²) >= 11 is 0. The second kappa shape index (κ2) is 6.27. The van der Waals surface area contributed by atoms with Crippen LogP contribution in [0.15, 0.2) is 54.9 Å². The van der Waals surface area contributed by atoms with Crippen LogP contribution in [0.4, 0.5) is 4.39 Å². The van der Waals surface area contributed by atoms with Crippen LogP contribution in [0.1, 0.15) is 18.7 Å². The zero-order valence-corrected chi connectivity index (χ0v) is 13.3. The minimum Gasteiger partial charge on any atom is -0.483 e. The molecule has 1 unspecified atom stereocenters. The molecule has 1 atom stereocenters. The fourth-order valence-electron chi connectivity index (χ4n) is 2.57. The summed E-state index contributed by atoms with van der Waals surface area (Å²) in [5.41, 5.74) is 2.42. The lowest BCUT2D eigenvalue weighted by molar-refractivity contribution is 0.224. The number of aromatic amines is 1. The quantitative estimate of drug-likeness (QED) is 0.615. The van der Waals surface area contributed by atoms with Gasteiger partial charge in [0.15, 0.2) is 0 Å². The molecule has 0 radical (unpaired) electrons. The second-order valence-corrected chi connectivity index (χ2v) is 5.54. The highest BCUT2D eigenvalue weighted by molar-refractivity contribution is 5.87. The summed E-state index contributed by atoms with van der Waals surface area (Å²) in [6.07, 6.45) is 2.72. The first-order chi connectivity index (χ1) is 12.2.